The van der Waals surface area contributed by atoms with Crippen molar-refractivity contribution >= 4 is 21.4 Å². The number of pyridine rings is 1. The number of nitrogens with zero attached hydrogens (tertiary/aromatic N) is 1. The zero-order valence-corrected chi connectivity index (χ0v) is 18.4. The van der Waals surface area contributed by atoms with Crippen LogP contribution in [0.4, 0.5) is 8.78 Å². The zero-order valence-electron chi connectivity index (χ0n) is 16.9. The SMILES string of the molecule is CC(C)(C)c1ccc(S(=O)(=O)Cc2ccc(Cl)cc2C(F)(F)c2ccncc2)cc1. The van der Waals surface area contributed by atoms with E-state index in [0.29, 0.717) is 0 Å². The van der Waals surface area contributed by atoms with Crippen molar-refractivity contribution < 1.29 is 17.2 Å². The van der Waals surface area contributed by atoms with E-state index in [1.54, 1.807) is 12.1 Å². The molecular weight excluding hydrogens is 428 g/mol. The van der Waals surface area contributed by atoms with Crippen LogP contribution in [-0.4, -0.2) is 13.4 Å². The van der Waals surface area contributed by atoms with Crippen LogP contribution in [0.1, 0.15) is 43.0 Å². The van der Waals surface area contributed by atoms with Gasteiger partial charge in [-0.2, -0.15) is 8.78 Å². The van der Waals surface area contributed by atoms with Crippen molar-refractivity contribution in [1.82, 2.24) is 4.98 Å². The van der Waals surface area contributed by atoms with Crippen molar-refractivity contribution in [1.29, 1.82) is 0 Å². The summed E-state index contributed by atoms with van der Waals surface area (Å²) in [5, 5.41) is 0.106. The lowest BCUT2D eigenvalue weighted by molar-refractivity contribution is 0.0420. The standard InChI is InChI=1S/C23H22ClF2NO2S/c1-22(2,3)17-5-8-20(9-6-17)30(28,29)15-16-4-7-19(24)14-21(16)23(25,26)18-10-12-27-13-11-18/h4-14H,15H2,1-3H3. The van der Waals surface area contributed by atoms with Crippen molar-refractivity contribution in [2.24, 2.45) is 0 Å². The summed E-state index contributed by atoms with van der Waals surface area (Å²) in [5.74, 6) is -3.98. The molecule has 0 bridgehead atoms. The smallest absolute Gasteiger partial charge is 0.265 e. The zero-order chi connectivity index (χ0) is 22.2. The summed E-state index contributed by atoms with van der Waals surface area (Å²) < 4.78 is 56.4. The molecule has 0 saturated heterocycles. The highest BCUT2D eigenvalue weighted by atomic mass is 35.5. The maximum absolute atomic E-state index is 15.2. The van der Waals surface area contributed by atoms with E-state index in [9.17, 15) is 8.42 Å². The van der Waals surface area contributed by atoms with Crippen LogP contribution in [-0.2, 0) is 26.9 Å². The van der Waals surface area contributed by atoms with Crippen LogP contribution >= 0.6 is 11.6 Å². The molecule has 1 aromatic heterocycles. The molecule has 3 nitrogen and oxygen atoms in total. The summed E-state index contributed by atoms with van der Waals surface area (Å²) in [5.41, 5.74) is 0.140. The first-order valence-corrected chi connectivity index (χ1v) is 11.3. The van der Waals surface area contributed by atoms with E-state index in [4.69, 9.17) is 11.6 Å². The predicted octanol–water partition coefficient (Wildman–Crippen LogP) is 6.15. The first kappa shape index (κ1) is 22.4. The molecule has 0 saturated carbocycles. The number of rotatable bonds is 5. The molecule has 0 aliphatic rings. The van der Waals surface area contributed by atoms with Crippen LogP contribution in [0, 0.1) is 0 Å². The van der Waals surface area contributed by atoms with E-state index in [2.05, 4.69) is 4.98 Å². The minimum Gasteiger partial charge on any atom is -0.265 e. The Morgan fingerprint density at radius 3 is 2.07 bits per heavy atom. The van der Waals surface area contributed by atoms with Crippen molar-refractivity contribution in [2.75, 3.05) is 0 Å². The van der Waals surface area contributed by atoms with Crippen LogP contribution in [0.5, 0.6) is 0 Å². The topological polar surface area (TPSA) is 47.0 Å². The van der Waals surface area contributed by atoms with Gasteiger partial charge in [-0.1, -0.05) is 50.6 Å². The van der Waals surface area contributed by atoms with E-state index in [1.165, 1.54) is 48.8 Å². The molecule has 0 N–H and O–H groups in total. The molecule has 0 aliphatic carbocycles. The van der Waals surface area contributed by atoms with Crippen LogP contribution in [0.25, 0.3) is 0 Å². The average Bonchev–Trinajstić information content (AvgIpc) is 2.69. The van der Waals surface area contributed by atoms with Gasteiger partial charge in [-0.25, -0.2) is 8.42 Å². The summed E-state index contributed by atoms with van der Waals surface area (Å²) >= 11 is 5.96. The Morgan fingerprint density at radius 1 is 0.900 bits per heavy atom. The highest BCUT2D eigenvalue weighted by Crippen LogP contribution is 2.39. The van der Waals surface area contributed by atoms with Crippen LogP contribution in [0.15, 0.2) is 71.9 Å². The van der Waals surface area contributed by atoms with Gasteiger partial charge >= 0.3 is 0 Å². The third kappa shape index (κ3) is 4.71. The molecule has 158 valence electrons. The molecule has 0 spiro atoms. The molecule has 0 aliphatic heterocycles. The number of hydrogen-bond acceptors (Lipinski definition) is 3. The third-order valence-electron chi connectivity index (χ3n) is 4.88. The molecule has 0 fully saturated rings. The lowest BCUT2D eigenvalue weighted by Gasteiger charge is -2.21. The molecule has 0 amide bonds. The average molecular weight is 450 g/mol. The minimum atomic E-state index is -3.84. The van der Waals surface area contributed by atoms with Gasteiger partial charge in [0.15, 0.2) is 9.84 Å². The van der Waals surface area contributed by atoms with Gasteiger partial charge in [0, 0.05) is 28.5 Å². The molecule has 3 aromatic rings. The Kier molecular flexibility index (Phi) is 6.03. The fourth-order valence-corrected chi connectivity index (χ4v) is 4.68. The fraction of sp³-hybridized carbons (Fsp3) is 0.261. The van der Waals surface area contributed by atoms with Crippen LogP contribution in [0.2, 0.25) is 5.02 Å². The van der Waals surface area contributed by atoms with Crippen molar-refractivity contribution in [3.63, 3.8) is 0 Å². The number of halogens is 3. The second-order valence-corrected chi connectivity index (χ2v) is 10.6. The first-order valence-electron chi connectivity index (χ1n) is 9.32. The highest BCUT2D eigenvalue weighted by Gasteiger charge is 2.37. The summed E-state index contributed by atoms with van der Waals surface area (Å²) in [6, 6.07) is 12.8. The maximum atomic E-state index is 15.2. The van der Waals surface area contributed by atoms with Crippen LogP contribution < -0.4 is 0 Å². The second kappa shape index (κ2) is 8.08. The van der Waals surface area contributed by atoms with Crippen molar-refractivity contribution in [3.05, 3.63) is 94.3 Å². The van der Waals surface area contributed by atoms with Gasteiger partial charge in [-0.15, -0.1) is 0 Å². The van der Waals surface area contributed by atoms with Gasteiger partial charge in [0.1, 0.15) is 0 Å². The summed E-state index contributed by atoms with van der Waals surface area (Å²) in [6.07, 6.45) is 2.53. The Morgan fingerprint density at radius 2 is 1.50 bits per heavy atom. The molecule has 2 aromatic carbocycles. The van der Waals surface area contributed by atoms with Gasteiger partial charge in [0.2, 0.25) is 0 Å². The number of sulfone groups is 1. The van der Waals surface area contributed by atoms with E-state index < -0.39 is 27.1 Å². The molecule has 0 radical (unpaired) electrons. The van der Waals surface area contributed by atoms with Gasteiger partial charge < -0.3 is 0 Å². The monoisotopic (exact) mass is 449 g/mol. The van der Waals surface area contributed by atoms with E-state index >= 15 is 8.78 Å². The number of benzene rings is 2. The van der Waals surface area contributed by atoms with E-state index in [1.807, 2.05) is 20.8 Å². The molecule has 3 rings (SSSR count). The quantitative estimate of drug-likeness (QED) is 0.469. The Bertz CT molecular complexity index is 1140. The summed E-state index contributed by atoms with van der Waals surface area (Å²) in [6.45, 7) is 6.08. The molecular formula is C23H22ClF2NO2S. The summed E-state index contributed by atoms with van der Waals surface area (Å²) in [7, 11) is -3.84. The molecule has 30 heavy (non-hydrogen) atoms. The molecule has 0 unspecified atom stereocenters. The Balaban J connectivity index is 2.01. The number of hydrogen-bond donors (Lipinski definition) is 0. The highest BCUT2D eigenvalue weighted by molar-refractivity contribution is 7.90. The van der Waals surface area contributed by atoms with E-state index in [0.717, 1.165) is 11.6 Å². The lowest BCUT2D eigenvalue weighted by Crippen LogP contribution is -2.19. The molecule has 0 atom stereocenters. The summed E-state index contributed by atoms with van der Waals surface area (Å²) in [4.78, 5) is 3.85. The Labute approximate surface area is 180 Å². The normalized spacial score (nSPS) is 12.7. The minimum absolute atomic E-state index is 0.00103. The second-order valence-electron chi connectivity index (χ2n) is 8.15. The maximum Gasteiger partial charge on any atom is 0.298 e. The van der Waals surface area contributed by atoms with Crippen molar-refractivity contribution in [3.8, 4) is 0 Å². The lowest BCUT2D eigenvalue weighted by atomic mass is 9.87. The van der Waals surface area contributed by atoms with Crippen molar-refractivity contribution in [2.45, 2.75) is 42.8 Å². The molecule has 7 heteroatoms. The van der Waals surface area contributed by atoms with Crippen LogP contribution in [0.3, 0.4) is 0 Å². The molecule has 1 heterocycles. The largest absolute Gasteiger partial charge is 0.298 e. The Hall–Kier alpha value is -2.31. The first-order chi connectivity index (χ1) is 13.9. The third-order valence-corrected chi connectivity index (χ3v) is 6.79. The van der Waals surface area contributed by atoms with Gasteiger partial charge in [0.05, 0.1) is 10.6 Å². The fourth-order valence-electron chi connectivity index (χ4n) is 3.13. The van der Waals surface area contributed by atoms with Gasteiger partial charge in [-0.05, 0) is 52.9 Å². The van der Waals surface area contributed by atoms with Gasteiger partial charge in [0.25, 0.3) is 5.92 Å². The number of aromatic nitrogens is 1. The van der Waals surface area contributed by atoms with Gasteiger partial charge in [-0.3, -0.25) is 4.98 Å². The predicted molar refractivity (Wildman–Crippen MR) is 115 cm³/mol. The van der Waals surface area contributed by atoms with E-state index in [-0.39, 0.29) is 26.5 Å². The number of alkyl halides is 2.